The third kappa shape index (κ3) is 5.07. The molecular formula is C23H35N7O. The third-order valence-electron chi connectivity index (χ3n) is 5.27. The summed E-state index contributed by atoms with van der Waals surface area (Å²) in [6, 6.07) is 2.22. The third-order valence-corrected chi connectivity index (χ3v) is 5.27. The molecule has 31 heavy (non-hydrogen) atoms. The maximum atomic E-state index is 6.08. The van der Waals surface area contributed by atoms with Crippen molar-refractivity contribution in [3.05, 3.63) is 36.8 Å². The Balaban J connectivity index is 0.00000132. The second-order valence-electron chi connectivity index (χ2n) is 7.69. The Morgan fingerprint density at radius 1 is 1.32 bits per heavy atom. The van der Waals surface area contributed by atoms with Crippen molar-refractivity contribution in [1.82, 2.24) is 24.8 Å². The maximum Gasteiger partial charge on any atom is 0.172 e. The number of fused-ring (bicyclic) bond motifs is 4. The molecular weight excluding hydrogens is 390 g/mol. The first-order chi connectivity index (χ1) is 15.1. The van der Waals surface area contributed by atoms with Gasteiger partial charge in [-0.15, -0.1) is 0 Å². The molecule has 0 aromatic carbocycles. The standard InChI is InChI=1S/C21H29N7O.C2H6/c1-5-22-20-19-17(23-14-24-20)11-18-21(25-19)28-10-9-27(12-16(28)13-29-18)15(2)7-6-8-26(3)4;1-2/h6-7,11,14,16H,2,5,8-10,12-13H2,1,3-4H3,(H,22,23,24);1-2H3/b7-6+;. The lowest BCUT2D eigenvalue weighted by Gasteiger charge is -2.45. The highest BCUT2D eigenvalue weighted by molar-refractivity contribution is 5.88. The number of ether oxygens (including phenoxy) is 1. The molecule has 8 nitrogen and oxygen atoms in total. The summed E-state index contributed by atoms with van der Waals surface area (Å²) in [7, 11) is 4.12. The molecule has 4 heterocycles. The molecule has 1 unspecified atom stereocenters. The van der Waals surface area contributed by atoms with Gasteiger partial charge in [-0.1, -0.05) is 26.5 Å². The minimum Gasteiger partial charge on any atom is -0.487 e. The molecule has 0 radical (unpaired) electrons. The molecule has 0 bridgehead atoms. The average Bonchev–Trinajstić information content (AvgIpc) is 2.79. The lowest BCUT2D eigenvalue weighted by Crippen LogP contribution is -2.57. The zero-order valence-corrected chi connectivity index (χ0v) is 19.4. The van der Waals surface area contributed by atoms with Gasteiger partial charge in [0.05, 0.1) is 11.6 Å². The van der Waals surface area contributed by atoms with Crippen LogP contribution in [0.25, 0.3) is 11.0 Å². The Bertz CT molecular complexity index is 928. The van der Waals surface area contributed by atoms with Crippen LogP contribution >= 0.6 is 0 Å². The van der Waals surface area contributed by atoms with E-state index in [2.05, 4.69) is 62.8 Å². The Morgan fingerprint density at radius 2 is 2.13 bits per heavy atom. The Kier molecular flexibility index (Phi) is 7.68. The molecule has 2 aromatic heterocycles. The largest absolute Gasteiger partial charge is 0.487 e. The topological polar surface area (TPSA) is 69.7 Å². The van der Waals surface area contributed by atoms with E-state index in [9.17, 15) is 0 Å². The summed E-state index contributed by atoms with van der Waals surface area (Å²) >= 11 is 0. The second kappa shape index (κ2) is 10.4. The fourth-order valence-electron chi connectivity index (χ4n) is 3.80. The van der Waals surface area contributed by atoms with Gasteiger partial charge in [-0.2, -0.15) is 0 Å². The van der Waals surface area contributed by atoms with E-state index in [0.717, 1.165) is 66.8 Å². The summed E-state index contributed by atoms with van der Waals surface area (Å²) in [4.78, 5) is 20.4. The lowest BCUT2D eigenvalue weighted by atomic mass is 10.1. The monoisotopic (exact) mass is 425 g/mol. The highest BCUT2D eigenvalue weighted by atomic mass is 16.5. The van der Waals surface area contributed by atoms with Crippen molar-refractivity contribution in [2.45, 2.75) is 26.8 Å². The van der Waals surface area contributed by atoms with Gasteiger partial charge in [0.2, 0.25) is 0 Å². The van der Waals surface area contributed by atoms with Crippen LogP contribution in [0.5, 0.6) is 5.75 Å². The number of nitrogens with zero attached hydrogens (tertiary/aromatic N) is 6. The summed E-state index contributed by atoms with van der Waals surface area (Å²) in [5.74, 6) is 2.45. The van der Waals surface area contributed by atoms with Crippen molar-refractivity contribution >= 4 is 22.7 Å². The van der Waals surface area contributed by atoms with Gasteiger partial charge in [0.15, 0.2) is 17.4 Å². The molecule has 2 aliphatic heterocycles. The molecule has 0 amide bonds. The van der Waals surface area contributed by atoms with Gasteiger partial charge >= 0.3 is 0 Å². The summed E-state index contributed by atoms with van der Waals surface area (Å²) in [5, 5.41) is 3.27. The van der Waals surface area contributed by atoms with Gasteiger partial charge in [-0.3, -0.25) is 0 Å². The summed E-state index contributed by atoms with van der Waals surface area (Å²) in [6.07, 6.45) is 5.82. The SMILES string of the molecule is C=C(/C=C/CN(C)C)N1CCN2c3nc4c(NCC)ncnc4cc3OCC2C1.CC. The maximum absolute atomic E-state index is 6.08. The predicted molar refractivity (Wildman–Crippen MR) is 128 cm³/mol. The van der Waals surface area contributed by atoms with Crippen molar-refractivity contribution < 1.29 is 4.74 Å². The van der Waals surface area contributed by atoms with Crippen LogP contribution in [0, 0.1) is 0 Å². The van der Waals surface area contributed by atoms with Gasteiger partial charge in [0, 0.05) is 44.5 Å². The molecule has 8 heteroatoms. The molecule has 1 fully saturated rings. The number of nitrogens with one attached hydrogen (secondary N) is 1. The summed E-state index contributed by atoms with van der Waals surface area (Å²) < 4.78 is 6.08. The second-order valence-corrected chi connectivity index (χ2v) is 7.69. The van der Waals surface area contributed by atoms with Crippen LogP contribution in [0.15, 0.2) is 36.8 Å². The quantitative estimate of drug-likeness (QED) is 0.709. The fourth-order valence-corrected chi connectivity index (χ4v) is 3.80. The van der Waals surface area contributed by atoms with Gasteiger partial charge in [0.25, 0.3) is 0 Å². The molecule has 0 spiro atoms. The smallest absolute Gasteiger partial charge is 0.172 e. The highest BCUT2D eigenvalue weighted by Gasteiger charge is 2.34. The first-order valence-corrected chi connectivity index (χ1v) is 11.1. The predicted octanol–water partition coefficient (Wildman–Crippen LogP) is 3.00. The van der Waals surface area contributed by atoms with Gasteiger partial charge in [-0.05, 0) is 27.1 Å². The van der Waals surface area contributed by atoms with E-state index in [4.69, 9.17) is 9.72 Å². The number of hydrogen-bond acceptors (Lipinski definition) is 8. The zero-order valence-electron chi connectivity index (χ0n) is 19.4. The van der Waals surface area contributed by atoms with E-state index in [1.54, 1.807) is 6.33 Å². The number of pyridine rings is 1. The molecule has 1 atom stereocenters. The van der Waals surface area contributed by atoms with Crippen LogP contribution in [0.1, 0.15) is 20.8 Å². The number of rotatable bonds is 6. The van der Waals surface area contributed by atoms with Crippen LogP contribution in [0.4, 0.5) is 11.6 Å². The van der Waals surface area contributed by atoms with Crippen molar-refractivity contribution in [2.75, 3.05) is 63.6 Å². The van der Waals surface area contributed by atoms with E-state index in [0.29, 0.717) is 6.61 Å². The van der Waals surface area contributed by atoms with Crippen molar-refractivity contribution in [3.8, 4) is 5.75 Å². The van der Waals surface area contributed by atoms with E-state index >= 15 is 0 Å². The summed E-state index contributed by atoms with van der Waals surface area (Å²) in [6.45, 7) is 15.3. The van der Waals surface area contributed by atoms with Crippen LogP contribution in [0.3, 0.4) is 0 Å². The fraction of sp³-hybridized carbons (Fsp3) is 0.522. The molecule has 0 aliphatic carbocycles. The van der Waals surface area contributed by atoms with Crippen molar-refractivity contribution in [2.24, 2.45) is 0 Å². The number of anilines is 2. The van der Waals surface area contributed by atoms with Gasteiger partial charge in [0.1, 0.15) is 18.5 Å². The van der Waals surface area contributed by atoms with E-state index in [-0.39, 0.29) is 6.04 Å². The van der Waals surface area contributed by atoms with Crippen LogP contribution in [-0.4, -0.2) is 84.2 Å². The molecule has 1 saturated heterocycles. The van der Waals surface area contributed by atoms with Crippen LogP contribution < -0.4 is 15.0 Å². The molecule has 4 rings (SSSR count). The number of piperazine rings is 1. The normalized spacial score (nSPS) is 17.7. The molecule has 2 aromatic rings. The molecule has 1 N–H and O–H groups in total. The van der Waals surface area contributed by atoms with E-state index in [1.807, 2.05) is 26.8 Å². The number of hydrogen-bond donors (Lipinski definition) is 1. The number of aromatic nitrogens is 3. The highest BCUT2D eigenvalue weighted by Crippen LogP contribution is 2.37. The number of allylic oxidation sites excluding steroid dienone is 1. The minimum atomic E-state index is 0.243. The first kappa shape index (κ1) is 22.8. The van der Waals surface area contributed by atoms with E-state index in [1.165, 1.54) is 0 Å². The Hall–Kier alpha value is -2.87. The number of likely N-dealkylation sites (N-methyl/N-ethyl adjacent to an activating group) is 1. The minimum absolute atomic E-state index is 0.243. The lowest BCUT2D eigenvalue weighted by molar-refractivity contribution is 0.194. The molecule has 2 aliphatic rings. The van der Waals surface area contributed by atoms with Crippen molar-refractivity contribution in [1.29, 1.82) is 0 Å². The average molecular weight is 426 g/mol. The van der Waals surface area contributed by atoms with Crippen LogP contribution in [0.2, 0.25) is 0 Å². The molecule has 0 saturated carbocycles. The first-order valence-electron chi connectivity index (χ1n) is 11.1. The van der Waals surface area contributed by atoms with E-state index < -0.39 is 0 Å². The Morgan fingerprint density at radius 3 is 2.87 bits per heavy atom. The molecule has 168 valence electrons. The van der Waals surface area contributed by atoms with Gasteiger partial charge in [-0.25, -0.2) is 15.0 Å². The zero-order chi connectivity index (χ0) is 22.4. The Labute approximate surface area is 185 Å². The van der Waals surface area contributed by atoms with Crippen molar-refractivity contribution in [3.63, 3.8) is 0 Å². The van der Waals surface area contributed by atoms with Gasteiger partial charge < -0.3 is 24.8 Å². The summed E-state index contributed by atoms with van der Waals surface area (Å²) in [5.41, 5.74) is 2.63. The van der Waals surface area contributed by atoms with Crippen LogP contribution in [-0.2, 0) is 0 Å².